The first-order valence-electron chi connectivity index (χ1n) is 7.19. The Bertz CT molecular complexity index is 422. The number of likely N-dealkylation sites (tertiary alicyclic amines) is 1. The maximum Gasteiger partial charge on any atom is 0.227 e. The molecule has 3 nitrogen and oxygen atoms in total. The van der Waals surface area contributed by atoms with Crippen molar-refractivity contribution in [3.05, 3.63) is 35.9 Å². The number of amides is 1. The van der Waals surface area contributed by atoms with Crippen molar-refractivity contribution in [1.29, 1.82) is 0 Å². The number of carbonyl (C=O) groups is 1. The van der Waals surface area contributed by atoms with Gasteiger partial charge in [0.1, 0.15) is 0 Å². The molecule has 3 atom stereocenters. The van der Waals surface area contributed by atoms with E-state index in [-0.39, 0.29) is 30.3 Å². The lowest BCUT2D eigenvalue weighted by Crippen LogP contribution is -2.44. The van der Waals surface area contributed by atoms with Gasteiger partial charge in [-0.15, -0.1) is 12.4 Å². The average Bonchev–Trinajstić information content (AvgIpc) is 2.86. The molecule has 0 radical (unpaired) electrons. The van der Waals surface area contributed by atoms with Gasteiger partial charge in [0.15, 0.2) is 0 Å². The first-order chi connectivity index (χ1) is 9.09. The largest absolute Gasteiger partial charge is 0.339 e. The van der Waals surface area contributed by atoms with E-state index in [1.54, 1.807) is 0 Å². The van der Waals surface area contributed by atoms with Gasteiger partial charge in [-0.1, -0.05) is 37.3 Å². The highest BCUT2D eigenvalue weighted by molar-refractivity contribution is 5.85. The zero-order valence-electron chi connectivity index (χ0n) is 12.3. The van der Waals surface area contributed by atoms with Gasteiger partial charge < -0.3 is 10.6 Å². The molecule has 1 aliphatic heterocycles. The van der Waals surface area contributed by atoms with Crippen LogP contribution in [0.25, 0.3) is 0 Å². The number of carbonyl (C=O) groups excluding carboxylic acids is 1. The van der Waals surface area contributed by atoms with Crippen LogP contribution < -0.4 is 5.73 Å². The van der Waals surface area contributed by atoms with E-state index in [1.165, 1.54) is 5.56 Å². The van der Waals surface area contributed by atoms with E-state index in [4.69, 9.17) is 5.73 Å². The Balaban J connectivity index is 0.00000200. The monoisotopic (exact) mass is 296 g/mol. The Morgan fingerprint density at radius 2 is 2.00 bits per heavy atom. The normalized spacial score (nSPS) is 21.1. The summed E-state index contributed by atoms with van der Waals surface area (Å²) >= 11 is 0. The molecule has 0 aliphatic carbocycles. The summed E-state index contributed by atoms with van der Waals surface area (Å²) in [4.78, 5) is 14.5. The van der Waals surface area contributed by atoms with Gasteiger partial charge in [0.2, 0.25) is 5.91 Å². The molecule has 2 N–H and O–H groups in total. The summed E-state index contributed by atoms with van der Waals surface area (Å²) in [5.41, 5.74) is 7.16. The number of nitrogens with two attached hydrogens (primary N) is 1. The van der Waals surface area contributed by atoms with Crippen LogP contribution in [0.15, 0.2) is 30.3 Å². The molecule has 4 heteroatoms. The molecule has 1 aromatic carbocycles. The maximum absolute atomic E-state index is 12.4. The zero-order valence-corrected chi connectivity index (χ0v) is 13.1. The van der Waals surface area contributed by atoms with E-state index in [0.717, 1.165) is 25.8 Å². The van der Waals surface area contributed by atoms with Crippen LogP contribution in [0.5, 0.6) is 0 Å². The van der Waals surface area contributed by atoms with E-state index in [0.29, 0.717) is 6.04 Å². The summed E-state index contributed by atoms with van der Waals surface area (Å²) in [6, 6.07) is 10.7. The zero-order chi connectivity index (χ0) is 13.8. The quantitative estimate of drug-likeness (QED) is 0.928. The smallest absolute Gasteiger partial charge is 0.227 e. The minimum Gasteiger partial charge on any atom is -0.339 e. The van der Waals surface area contributed by atoms with E-state index >= 15 is 0 Å². The van der Waals surface area contributed by atoms with Gasteiger partial charge in [-0.2, -0.15) is 0 Å². The lowest BCUT2D eigenvalue weighted by Gasteiger charge is -2.29. The van der Waals surface area contributed by atoms with E-state index in [1.807, 2.05) is 24.8 Å². The number of nitrogens with zero attached hydrogens (tertiary/aromatic N) is 1. The molecule has 2 rings (SSSR count). The van der Waals surface area contributed by atoms with E-state index < -0.39 is 0 Å². The molecular formula is C16H25ClN2O. The summed E-state index contributed by atoms with van der Waals surface area (Å²) in [7, 11) is 0. The van der Waals surface area contributed by atoms with Gasteiger partial charge in [0.25, 0.3) is 0 Å². The standard InChI is InChI=1S/C16H24N2O.ClH/c1-12(13(2)17)16(19)18-10-6-9-15(18)11-14-7-4-3-5-8-14;/h3-5,7-8,12-13,15H,6,9-11,17H2,1-2H3;1H. The van der Waals surface area contributed by atoms with Crippen molar-refractivity contribution in [1.82, 2.24) is 4.90 Å². The van der Waals surface area contributed by atoms with Gasteiger partial charge in [-0.05, 0) is 31.7 Å². The molecule has 0 saturated carbocycles. The van der Waals surface area contributed by atoms with Crippen LogP contribution in [0.1, 0.15) is 32.3 Å². The highest BCUT2D eigenvalue weighted by Gasteiger charge is 2.32. The molecule has 1 amide bonds. The van der Waals surface area contributed by atoms with Crippen molar-refractivity contribution >= 4 is 18.3 Å². The maximum atomic E-state index is 12.4. The average molecular weight is 297 g/mol. The van der Waals surface area contributed by atoms with E-state index in [9.17, 15) is 4.79 Å². The van der Waals surface area contributed by atoms with Gasteiger partial charge in [-0.25, -0.2) is 0 Å². The Hall–Kier alpha value is -1.06. The molecule has 0 spiro atoms. The second-order valence-electron chi connectivity index (χ2n) is 5.67. The predicted molar refractivity (Wildman–Crippen MR) is 84.9 cm³/mol. The van der Waals surface area contributed by atoms with Gasteiger partial charge >= 0.3 is 0 Å². The number of benzene rings is 1. The van der Waals surface area contributed by atoms with Gasteiger partial charge in [0.05, 0.1) is 5.92 Å². The van der Waals surface area contributed by atoms with Crippen molar-refractivity contribution in [3.63, 3.8) is 0 Å². The Labute approximate surface area is 127 Å². The second-order valence-corrected chi connectivity index (χ2v) is 5.67. The highest BCUT2D eigenvalue weighted by Crippen LogP contribution is 2.23. The molecule has 0 bridgehead atoms. The summed E-state index contributed by atoms with van der Waals surface area (Å²) in [5, 5.41) is 0. The van der Waals surface area contributed by atoms with Crippen LogP contribution in [0.4, 0.5) is 0 Å². The summed E-state index contributed by atoms with van der Waals surface area (Å²) in [5.74, 6) is 0.129. The number of rotatable bonds is 4. The van der Waals surface area contributed by atoms with E-state index in [2.05, 4.69) is 24.3 Å². The topological polar surface area (TPSA) is 46.3 Å². The van der Waals surface area contributed by atoms with Crippen LogP contribution in [0.3, 0.4) is 0 Å². The van der Waals surface area contributed by atoms with Crippen LogP contribution in [0.2, 0.25) is 0 Å². The number of hydrogen-bond donors (Lipinski definition) is 1. The molecule has 1 aromatic rings. The molecular weight excluding hydrogens is 272 g/mol. The Morgan fingerprint density at radius 1 is 1.35 bits per heavy atom. The van der Waals surface area contributed by atoms with Gasteiger partial charge in [-0.3, -0.25) is 4.79 Å². The van der Waals surface area contributed by atoms with Crippen molar-refractivity contribution in [2.75, 3.05) is 6.54 Å². The minimum absolute atomic E-state index is 0. The molecule has 0 aromatic heterocycles. The third kappa shape index (κ3) is 3.97. The summed E-state index contributed by atoms with van der Waals surface area (Å²) in [6.45, 7) is 4.73. The van der Waals surface area contributed by atoms with Crippen LogP contribution in [-0.2, 0) is 11.2 Å². The Kier molecular flexibility index (Phi) is 6.50. The third-order valence-electron chi connectivity index (χ3n) is 4.15. The fourth-order valence-electron chi connectivity index (χ4n) is 2.71. The number of halogens is 1. The molecule has 1 heterocycles. The van der Waals surface area contributed by atoms with Gasteiger partial charge in [0, 0.05) is 18.6 Å². The molecule has 1 saturated heterocycles. The highest BCUT2D eigenvalue weighted by atomic mass is 35.5. The molecule has 20 heavy (non-hydrogen) atoms. The molecule has 1 fully saturated rings. The molecule has 3 unspecified atom stereocenters. The number of hydrogen-bond acceptors (Lipinski definition) is 2. The predicted octanol–water partition coefficient (Wildman–Crippen LogP) is 2.63. The van der Waals surface area contributed by atoms with Crippen molar-refractivity contribution < 1.29 is 4.79 Å². The second kappa shape index (κ2) is 7.65. The van der Waals surface area contributed by atoms with Crippen LogP contribution >= 0.6 is 12.4 Å². The van der Waals surface area contributed by atoms with Crippen LogP contribution in [-0.4, -0.2) is 29.4 Å². The lowest BCUT2D eigenvalue weighted by atomic mass is 10.00. The molecule has 112 valence electrons. The first-order valence-corrected chi connectivity index (χ1v) is 7.19. The fourth-order valence-corrected chi connectivity index (χ4v) is 2.71. The third-order valence-corrected chi connectivity index (χ3v) is 4.15. The first kappa shape index (κ1) is 17.0. The summed E-state index contributed by atoms with van der Waals surface area (Å²) in [6.07, 6.45) is 3.17. The molecule has 1 aliphatic rings. The van der Waals surface area contributed by atoms with Crippen LogP contribution in [0, 0.1) is 5.92 Å². The lowest BCUT2D eigenvalue weighted by molar-refractivity contribution is -0.136. The SMILES string of the molecule is CC(N)C(C)C(=O)N1CCCC1Cc1ccccc1.Cl. The fraction of sp³-hybridized carbons (Fsp3) is 0.562. The Morgan fingerprint density at radius 3 is 2.60 bits per heavy atom. The van der Waals surface area contributed by atoms with Crippen molar-refractivity contribution in [2.45, 2.75) is 45.2 Å². The minimum atomic E-state index is -0.0867. The van der Waals surface area contributed by atoms with Crippen molar-refractivity contribution in [2.24, 2.45) is 11.7 Å². The summed E-state index contributed by atoms with van der Waals surface area (Å²) < 4.78 is 0. The van der Waals surface area contributed by atoms with Crippen molar-refractivity contribution in [3.8, 4) is 0 Å².